The minimum absolute atomic E-state index is 0.0422. The lowest BCUT2D eigenvalue weighted by atomic mass is 9.52. The first-order chi connectivity index (χ1) is 17.7. The first-order valence-corrected chi connectivity index (χ1v) is 15.2. The Labute approximate surface area is 225 Å². The predicted octanol–water partition coefficient (Wildman–Crippen LogP) is 1.91. The van der Waals surface area contributed by atoms with E-state index >= 15 is 0 Å². The molecule has 1 aromatic rings. The number of nitrogens with zero attached hydrogens (tertiary/aromatic N) is 2. The highest BCUT2D eigenvalue weighted by molar-refractivity contribution is 7.89. The molecule has 5 rings (SSSR count). The molecular formula is C28H41N3O6S. The summed E-state index contributed by atoms with van der Waals surface area (Å²) < 4.78 is 34.2. The Hall–Kier alpha value is -2.14. The molecule has 1 spiro atoms. The Morgan fingerprint density at radius 1 is 1.29 bits per heavy atom. The van der Waals surface area contributed by atoms with Gasteiger partial charge in [0.15, 0.2) is 11.5 Å². The van der Waals surface area contributed by atoms with Crippen LogP contribution in [0.4, 0.5) is 0 Å². The number of sulfonamides is 1. The van der Waals surface area contributed by atoms with Crippen LogP contribution in [0.3, 0.4) is 0 Å². The Morgan fingerprint density at radius 3 is 2.58 bits per heavy atom. The van der Waals surface area contributed by atoms with Gasteiger partial charge in [0.2, 0.25) is 15.9 Å². The van der Waals surface area contributed by atoms with Gasteiger partial charge in [-0.2, -0.15) is 0 Å². The average Bonchev–Trinajstić information content (AvgIpc) is 3.56. The minimum atomic E-state index is -3.79. The van der Waals surface area contributed by atoms with Crippen LogP contribution in [0.5, 0.6) is 11.5 Å². The third kappa shape index (κ3) is 4.15. The first kappa shape index (κ1) is 27.4. The van der Waals surface area contributed by atoms with Gasteiger partial charge in [0.25, 0.3) is 0 Å². The monoisotopic (exact) mass is 547 g/mol. The van der Waals surface area contributed by atoms with Crippen LogP contribution < -0.4 is 10.1 Å². The number of nitrogens with one attached hydrogen (secondary N) is 1. The molecule has 38 heavy (non-hydrogen) atoms. The molecule has 2 aliphatic carbocycles. The number of ether oxygens (including phenoxy) is 1. The highest BCUT2D eigenvalue weighted by atomic mass is 32.2. The maximum absolute atomic E-state index is 13.3. The van der Waals surface area contributed by atoms with Crippen LogP contribution in [-0.2, 0) is 26.7 Å². The van der Waals surface area contributed by atoms with E-state index < -0.39 is 32.9 Å². The van der Waals surface area contributed by atoms with Gasteiger partial charge in [-0.15, -0.1) is 0 Å². The Bertz CT molecular complexity index is 1280. The van der Waals surface area contributed by atoms with Gasteiger partial charge in [-0.05, 0) is 83.0 Å². The summed E-state index contributed by atoms with van der Waals surface area (Å²) in [5, 5.41) is 26.3. The maximum atomic E-state index is 13.3. The van der Waals surface area contributed by atoms with Gasteiger partial charge >= 0.3 is 0 Å². The van der Waals surface area contributed by atoms with Gasteiger partial charge in [-0.3, -0.25) is 9.69 Å². The van der Waals surface area contributed by atoms with Crippen molar-refractivity contribution >= 4 is 15.9 Å². The van der Waals surface area contributed by atoms with Crippen LogP contribution in [0.15, 0.2) is 23.3 Å². The molecule has 3 N–H and O–H groups in total. The number of carbonyl (C=O) groups excluding carboxylic acids is 1. The SMILES string of the molecule is C/C(C(=O)NC(C)C)=C(/CS(=O)(=O)N(C)C)[C@@H]1Oc2c(O)ccc3c2[C@@]12CCN(CC1CC1)[C@H](C3)[C@@]2(C)O. The number of fused-ring (bicyclic) bond motifs is 1. The van der Waals surface area contributed by atoms with Crippen molar-refractivity contribution in [1.29, 1.82) is 0 Å². The molecule has 2 fully saturated rings. The number of carbonyl (C=O) groups is 1. The smallest absolute Gasteiger partial charge is 0.247 e. The molecule has 9 nitrogen and oxygen atoms in total. The van der Waals surface area contributed by atoms with Crippen molar-refractivity contribution in [3.8, 4) is 11.5 Å². The molecule has 1 saturated heterocycles. The van der Waals surface area contributed by atoms with Gasteiger partial charge in [0, 0.05) is 43.9 Å². The molecule has 10 heteroatoms. The number of hydrogen-bond donors (Lipinski definition) is 3. The van der Waals surface area contributed by atoms with E-state index in [1.54, 1.807) is 13.0 Å². The summed E-state index contributed by atoms with van der Waals surface area (Å²) in [6.45, 7) is 8.79. The van der Waals surface area contributed by atoms with Crippen molar-refractivity contribution in [2.24, 2.45) is 5.92 Å². The van der Waals surface area contributed by atoms with Crippen LogP contribution in [-0.4, -0.2) is 90.5 Å². The molecule has 4 atom stereocenters. The number of phenolic OH excluding ortho intramolecular Hbond substituents is 1. The minimum Gasteiger partial charge on any atom is -0.504 e. The third-order valence-corrected chi connectivity index (χ3v) is 11.0. The highest BCUT2D eigenvalue weighted by Gasteiger charge is 2.69. The third-order valence-electron chi connectivity index (χ3n) is 9.19. The van der Waals surface area contributed by atoms with E-state index in [2.05, 4.69) is 10.2 Å². The fourth-order valence-electron chi connectivity index (χ4n) is 6.87. The zero-order valence-corrected chi connectivity index (χ0v) is 24.1. The van der Waals surface area contributed by atoms with Crippen molar-refractivity contribution in [3.63, 3.8) is 0 Å². The van der Waals surface area contributed by atoms with Crippen molar-refractivity contribution in [1.82, 2.24) is 14.5 Å². The standard InChI is InChI=1S/C28H41N3O6S/c1-16(2)29-26(33)17(3)20(15-38(35,36)30(5)6)25-28-11-12-31(14-18-7-8-18)22(27(28,4)34)13-19-9-10-21(32)24(37-25)23(19)28/h9-10,16,18,22,25,32,34H,7-8,11-15H2,1-6H3,(H,29,33)/b20-17+/t22-,25+,27-,28+/m1/s1. The van der Waals surface area contributed by atoms with E-state index in [4.69, 9.17) is 4.74 Å². The summed E-state index contributed by atoms with van der Waals surface area (Å²) in [6.07, 6.45) is 2.61. The molecule has 210 valence electrons. The lowest BCUT2D eigenvalue weighted by molar-refractivity contribution is -0.149. The second kappa shape index (κ2) is 9.21. The van der Waals surface area contributed by atoms with Gasteiger partial charge in [-0.25, -0.2) is 12.7 Å². The summed E-state index contributed by atoms with van der Waals surface area (Å²) in [4.78, 5) is 15.7. The van der Waals surface area contributed by atoms with Gasteiger partial charge < -0.3 is 20.3 Å². The Kier molecular flexibility index (Phi) is 6.65. The van der Waals surface area contributed by atoms with E-state index in [1.807, 2.05) is 26.8 Å². The van der Waals surface area contributed by atoms with Crippen molar-refractivity contribution < 1.29 is 28.2 Å². The van der Waals surface area contributed by atoms with Gasteiger partial charge in [-0.1, -0.05) is 6.07 Å². The quantitative estimate of drug-likeness (QED) is 0.426. The van der Waals surface area contributed by atoms with E-state index in [1.165, 1.54) is 26.9 Å². The highest BCUT2D eigenvalue weighted by Crippen LogP contribution is 2.63. The largest absolute Gasteiger partial charge is 0.504 e. The zero-order valence-electron chi connectivity index (χ0n) is 23.2. The molecule has 1 saturated carbocycles. The van der Waals surface area contributed by atoms with Crippen LogP contribution in [0.25, 0.3) is 0 Å². The van der Waals surface area contributed by atoms with Crippen LogP contribution in [0.2, 0.25) is 0 Å². The molecule has 0 aromatic heterocycles. The molecule has 1 aromatic carbocycles. The predicted molar refractivity (Wildman–Crippen MR) is 145 cm³/mol. The number of benzene rings is 1. The molecular weight excluding hydrogens is 506 g/mol. The van der Waals surface area contributed by atoms with Crippen molar-refractivity contribution in [2.45, 2.75) is 82.6 Å². The number of hydrogen-bond acceptors (Lipinski definition) is 7. The summed E-state index contributed by atoms with van der Waals surface area (Å²) in [5.74, 6) is 0.0935. The molecule has 2 bridgehead atoms. The summed E-state index contributed by atoms with van der Waals surface area (Å²) in [5.41, 5.74) is 0.0167. The Morgan fingerprint density at radius 2 is 1.97 bits per heavy atom. The number of rotatable bonds is 8. The Balaban J connectivity index is 1.70. The van der Waals surface area contributed by atoms with Crippen LogP contribution in [0, 0.1) is 5.92 Å². The fraction of sp³-hybridized carbons (Fsp3) is 0.679. The van der Waals surface area contributed by atoms with E-state index in [9.17, 15) is 23.4 Å². The second-order valence-electron chi connectivity index (χ2n) is 12.3. The van der Waals surface area contributed by atoms with Crippen LogP contribution >= 0.6 is 0 Å². The van der Waals surface area contributed by atoms with Gasteiger partial charge in [0.05, 0.1) is 16.8 Å². The first-order valence-electron chi connectivity index (χ1n) is 13.6. The van der Waals surface area contributed by atoms with E-state index in [0.717, 1.165) is 28.5 Å². The maximum Gasteiger partial charge on any atom is 0.247 e. The molecule has 0 radical (unpaired) electrons. The number of amides is 1. The van der Waals surface area contributed by atoms with Crippen molar-refractivity contribution in [2.75, 3.05) is 32.9 Å². The number of aromatic hydroxyl groups is 1. The molecule has 1 amide bonds. The lowest BCUT2D eigenvalue weighted by Gasteiger charge is -2.60. The summed E-state index contributed by atoms with van der Waals surface area (Å²) in [6, 6.07) is 3.18. The topological polar surface area (TPSA) is 119 Å². The summed E-state index contributed by atoms with van der Waals surface area (Å²) in [7, 11) is -0.860. The number of likely N-dealkylation sites (tertiary alicyclic amines) is 1. The normalized spacial score (nSPS) is 31.2. The summed E-state index contributed by atoms with van der Waals surface area (Å²) >= 11 is 0. The molecule has 0 unspecified atom stereocenters. The number of piperidine rings is 1. The number of aliphatic hydroxyl groups is 1. The second-order valence-corrected chi connectivity index (χ2v) is 14.5. The van der Waals surface area contributed by atoms with E-state index in [0.29, 0.717) is 30.1 Å². The molecule has 2 aliphatic heterocycles. The lowest BCUT2D eigenvalue weighted by Crippen LogP contribution is -2.73. The van der Waals surface area contributed by atoms with Crippen LogP contribution in [0.1, 0.15) is 58.1 Å². The number of phenols is 1. The average molecular weight is 548 g/mol. The van der Waals surface area contributed by atoms with Gasteiger partial charge in [0.1, 0.15) is 6.10 Å². The zero-order chi connectivity index (χ0) is 27.8. The fourth-order valence-corrected chi connectivity index (χ4v) is 7.89. The van der Waals surface area contributed by atoms with Crippen molar-refractivity contribution in [3.05, 3.63) is 34.4 Å². The molecule has 4 aliphatic rings. The molecule has 2 heterocycles. The van der Waals surface area contributed by atoms with E-state index in [-0.39, 0.29) is 29.3 Å².